The van der Waals surface area contributed by atoms with Crippen LogP contribution in [0, 0.1) is 0 Å². The largest absolute Gasteiger partial charge is 0.493 e. The van der Waals surface area contributed by atoms with E-state index in [0.29, 0.717) is 30.1 Å². The molecule has 0 heterocycles. The Hall–Kier alpha value is -2.33. The van der Waals surface area contributed by atoms with E-state index < -0.39 is 5.97 Å². The third kappa shape index (κ3) is 4.93. The molecule has 1 atom stereocenters. The quantitative estimate of drug-likeness (QED) is 0.655. The van der Waals surface area contributed by atoms with Crippen LogP contribution in [0.2, 0.25) is 0 Å². The van der Waals surface area contributed by atoms with Gasteiger partial charge >= 0.3 is 5.97 Å². The van der Waals surface area contributed by atoms with Crippen molar-refractivity contribution in [3.8, 4) is 11.5 Å². The molecule has 0 bridgehead atoms. The molecule has 2 rings (SSSR count). The molecule has 0 aliphatic carbocycles. The van der Waals surface area contributed by atoms with E-state index in [1.54, 1.807) is 43.3 Å². The van der Waals surface area contributed by atoms with Crippen molar-refractivity contribution in [3.63, 3.8) is 0 Å². The van der Waals surface area contributed by atoms with Gasteiger partial charge in [0.15, 0.2) is 0 Å². The topological polar surface area (TPSA) is 55.8 Å². The van der Waals surface area contributed by atoms with E-state index in [1.807, 2.05) is 18.2 Å². The first-order valence-corrected chi connectivity index (χ1v) is 6.83. The second kappa shape index (κ2) is 7.45. The van der Waals surface area contributed by atoms with Gasteiger partial charge in [-0.15, -0.1) is 0 Å². The van der Waals surface area contributed by atoms with Crippen LogP contribution < -0.4 is 9.47 Å². The molecule has 0 saturated carbocycles. The molecule has 2 aromatic carbocycles. The second-order valence-electron chi connectivity index (χ2n) is 4.71. The molecule has 0 spiro atoms. The smallest absolute Gasteiger partial charge is 0.343 e. The molecule has 0 aromatic heterocycles. The van der Waals surface area contributed by atoms with Crippen LogP contribution in [0.15, 0.2) is 54.6 Å². The number of ether oxygens (including phenoxy) is 2. The van der Waals surface area contributed by atoms with Gasteiger partial charge < -0.3 is 14.6 Å². The van der Waals surface area contributed by atoms with E-state index in [9.17, 15) is 4.79 Å². The van der Waals surface area contributed by atoms with Gasteiger partial charge in [0.2, 0.25) is 0 Å². The Bertz CT molecular complexity index is 561. The van der Waals surface area contributed by atoms with Gasteiger partial charge in [0, 0.05) is 6.42 Å². The average Bonchev–Trinajstić information content (AvgIpc) is 2.48. The van der Waals surface area contributed by atoms with Crippen molar-refractivity contribution < 1.29 is 19.4 Å². The molecular formula is C17H18O4. The summed E-state index contributed by atoms with van der Waals surface area (Å²) in [4.78, 5) is 11.9. The predicted octanol–water partition coefficient (Wildman–Crippen LogP) is 3.06. The lowest BCUT2D eigenvalue weighted by atomic mass is 10.2. The highest BCUT2D eigenvalue weighted by atomic mass is 16.5. The third-order valence-electron chi connectivity index (χ3n) is 2.85. The van der Waals surface area contributed by atoms with Crippen LogP contribution in [0.25, 0.3) is 0 Å². The Morgan fingerprint density at radius 1 is 1.05 bits per heavy atom. The van der Waals surface area contributed by atoms with Crippen molar-refractivity contribution in [1.82, 2.24) is 0 Å². The molecule has 1 unspecified atom stereocenters. The zero-order chi connectivity index (χ0) is 15.1. The van der Waals surface area contributed by atoms with Gasteiger partial charge in [0.25, 0.3) is 0 Å². The van der Waals surface area contributed by atoms with Crippen molar-refractivity contribution in [2.75, 3.05) is 6.61 Å². The maximum Gasteiger partial charge on any atom is 0.343 e. The highest BCUT2D eigenvalue weighted by molar-refractivity contribution is 5.91. The van der Waals surface area contributed by atoms with E-state index >= 15 is 0 Å². The number of benzene rings is 2. The van der Waals surface area contributed by atoms with Gasteiger partial charge in [-0.3, -0.25) is 0 Å². The number of carbonyl (C=O) groups is 1. The number of hydrogen-bond acceptors (Lipinski definition) is 4. The van der Waals surface area contributed by atoms with Crippen molar-refractivity contribution >= 4 is 5.97 Å². The minimum absolute atomic E-state index is 0.384. The number of aliphatic hydroxyl groups excluding tert-OH is 1. The first-order valence-electron chi connectivity index (χ1n) is 6.83. The van der Waals surface area contributed by atoms with Gasteiger partial charge in [-0.2, -0.15) is 0 Å². The Balaban J connectivity index is 1.91. The monoisotopic (exact) mass is 286 g/mol. The molecule has 0 radical (unpaired) electrons. The van der Waals surface area contributed by atoms with E-state index in [0.717, 1.165) is 0 Å². The van der Waals surface area contributed by atoms with Gasteiger partial charge in [-0.05, 0) is 43.3 Å². The number of para-hydroxylation sites is 1. The molecule has 1 N–H and O–H groups in total. The lowest BCUT2D eigenvalue weighted by Gasteiger charge is -2.08. The fourth-order valence-electron chi connectivity index (χ4n) is 1.69. The van der Waals surface area contributed by atoms with Crippen LogP contribution in [-0.2, 0) is 0 Å². The van der Waals surface area contributed by atoms with Crippen molar-refractivity contribution in [1.29, 1.82) is 0 Å². The fraction of sp³-hybridized carbons (Fsp3) is 0.235. The number of esters is 1. The molecule has 21 heavy (non-hydrogen) atoms. The first kappa shape index (κ1) is 15.1. The van der Waals surface area contributed by atoms with Gasteiger partial charge in [0.05, 0.1) is 18.3 Å². The SMILES string of the molecule is CC(O)CCOc1ccc(C(=O)Oc2ccccc2)cc1. The lowest BCUT2D eigenvalue weighted by Crippen LogP contribution is -2.09. The molecule has 2 aromatic rings. The highest BCUT2D eigenvalue weighted by Gasteiger charge is 2.08. The Morgan fingerprint density at radius 3 is 2.33 bits per heavy atom. The van der Waals surface area contributed by atoms with Crippen molar-refractivity contribution in [3.05, 3.63) is 60.2 Å². The summed E-state index contributed by atoms with van der Waals surface area (Å²) >= 11 is 0. The Labute approximate surface area is 123 Å². The van der Waals surface area contributed by atoms with Crippen LogP contribution in [0.1, 0.15) is 23.7 Å². The second-order valence-corrected chi connectivity index (χ2v) is 4.71. The number of carbonyl (C=O) groups excluding carboxylic acids is 1. The molecule has 0 amide bonds. The molecule has 4 nitrogen and oxygen atoms in total. The van der Waals surface area contributed by atoms with Crippen LogP contribution >= 0.6 is 0 Å². The van der Waals surface area contributed by atoms with E-state index in [2.05, 4.69) is 0 Å². The fourth-order valence-corrected chi connectivity index (χ4v) is 1.69. The highest BCUT2D eigenvalue weighted by Crippen LogP contribution is 2.15. The van der Waals surface area contributed by atoms with Gasteiger partial charge in [-0.1, -0.05) is 18.2 Å². The summed E-state index contributed by atoms with van der Waals surface area (Å²) < 4.78 is 10.7. The van der Waals surface area contributed by atoms with Crippen LogP contribution in [0.4, 0.5) is 0 Å². The molecule has 0 aliphatic rings. The average molecular weight is 286 g/mol. The van der Waals surface area contributed by atoms with E-state index in [4.69, 9.17) is 14.6 Å². The lowest BCUT2D eigenvalue weighted by molar-refractivity contribution is 0.0734. The summed E-state index contributed by atoms with van der Waals surface area (Å²) in [7, 11) is 0. The predicted molar refractivity (Wildman–Crippen MR) is 79.6 cm³/mol. The molecule has 110 valence electrons. The van der Waals surface area contributed by atoms with Crippen LogP contribution in [0.5, 0.6) is 11.5 Å². The molecular weight excluding hydrogens is 268 g/mol. The van der Waals surface area contributed by atoms with Crippen LogP contribution in [-0.4, -0.2) is 23.8 Å². The summed E-state index contributed by atoms with van der Waals surface area (Å²) in [6, 6.07) is 15.7. The molecule has 0 fully saturated rings. The number of aliphatic hydroxyl groups is 1. The summed E-state index contributed by atoms with van der Waals surface area (Å²) in [5.74, 6) is 0.767. The van der Waals surface area contributed by atoms with Crippen LogP contribution in [0.3, 0.4) is 0 Å². The number of rotatable bonds is 6. The van der Waals surface area contributed by atoms with Gasteiger partial charge in [-0.25, -0.2) is 4.79 Å². The van der Waals surface area contributed by atoms with Crippen molar-refractivity contribution in [2.45, 2.75) is 19.4 Å². The zero-order valence-corrected chi connectivity index (χ0v) is 11.9. The standard InChI is InChI=1S/C17H18O4/c1-13(18)11-12-20-15-9-7-14(8-10-15)17(19)21-16-5-3-2-4-6-16/h2-10,13,18H,11-12H2,1H3. The molecule has 0 saturated heterocycles. The van der Waals surface area contributed by atoms with Crippen molar-refractivity contribution in [2.24, 2.45) is 0 Å². The Morgan fingerprint density at radius 2 is 1.71 bits per heavy atom. The Kier molecular flexibility index (Phi) is 5.35. The normalized spacial score (nSPS) is 11.7. The minimum atomic E-state index is -0.406. The maximum atomic E-state index is 11.9. The summed E-state index contributed by atoms with van der Waals surface area (Å²) in [5.41, 5.74) is 0.460. The first-order chi connectivity index (χ1) is 10.1. The molecule has 4 heteroatoms. The van der Waals surface area contributed by atoms with Gasteiger partial charge in [0.1, 0.15) is 11.5 Å². The summed E-state index contributed by atoms with van der Waals surface area (Å²) in [5, 5.41) is 9.15. The van der Waals surface area contributed by atoms with E-state index in [-0.39, 0.29) is 6.10 Å². The third-order valence-corrected chi connectivity index (χ3v) is 2.85. The van der Waals surface area contributed by atoms with E-state index in [1.165, 1.54) is 0 Å². The molecule has 0 aliphatic heterocycles. The summed E-state index contributed by atoms with van der Waals surface area (Å²) in [6.07, 6.45) is 0.183. The minimum Gasteiger partial charge on any atom is -0.493 e. The summed E-state index contributed by atoms with van der Waals surface area (Å²) in [6.45, 7) is 2.15. The number of hydrogen-bond donors (Lipinski definition) is 1. The zero-order valence-electron chi connectivity index (χ0n) is 11.9. The maximum absolute atomic E-state index is 11.9.